The highest BCUT2D eigenvalue weighted by Crippen LogP contribution is 2.15. The molecule has 1 aliphatic rings. The zero-order chi connectivity index (χ0) is 10.2. The Kier molecular flexibility index (Phi) is 7.88. The fraction of sp³-hybridized carbons (Fsp3) is 0.538. The SMILES string of the molecule is C.C1CCCCC1.Fc1ccc(F)cc1. The second kappa shape index (κ2) is 8.39. The van der Waals surface area contributed by atoms with Gasteiger partial charge in [0, 0.05) is 0 Å². The molecule has 0 heterocycles. The topological polar surface area (TPSA) is 0 Å². The normalized spacial score (nSPS) is 14.5. The lowest BCUT2D eigenvalue weighted by Crippen LogP contribution is -1.85. The van der Waals surface area contributed by atoms with E-state index in [9.17, 15) is 8.78 Å². The van der Waals surface area contributed by atoms with Crippen molar-refractivity contribution in [2.45, 2.75) is 46.0 Å². The van der Waals surface area contributed by atoms with Crippen LogP contribution >= 0.6 is 0 Å². The summed E-state index contributed by atoms with van der Waals surface area (Å²) in [5.41, 5.74) is 0. The van der Waals surface area contributed by atoms with E-state index in [1.54, 1.807) is 0 Å². The third-order valence-corrected chi connectivity index (χ3v) is 2.30. The molecule has 0 nitrogen and oxygen atoms in total. The zero-order valence-corrected chi connectivity index (χ0v) is 8.31. The van der Waals surface area contributed by atoms with Crippen molar-refractivity contribution in [1.29, 1.82) is 0 Å². The van der Waals surface area contributed by atoms with E-state index in [2.05, 4.69) is 0 Å². The van der Waals surface area contributed by atoms with E-state index in [0.717, 1.165) is 24.3 Å². The van der Waals surface area contributed by atoms with Crippen molar-refractivity contribution in [2.75, 3.05) is 0 Å². The Hall–Kier alpha value is -0.920. The van der Waals surface area contributed by atoms with Crippen LogP contribution in [0.3, 0.4) is 0 Å². The summed E-state index contributed by atoms with van der Waals surface area (Å²) in [6.07, 6.45) is 9.00. The van der Waals surface area contributed by atoms with E-state index in [4.69, 9.17) is 0 Å². The minimum Gasteiger partial charge on any atom is -0.207 e. The molecule has 0 aliphatic heterocycles. The summed E-state index contributed by atoms with van der Waals surface area (Å²) in [5, 5.41) is 0. The van der Waals surface area contributed by atoms with E-state index in [1.807, 2.05) is 0 Å². The van der Waals surface area contributed by atoms with Crippen molar-refractivity contribution >= 4 is 0 Å². The molecule has 0 amide bonds. The average Bonchev–Trinajstić information content (AvgIpc) is 2.26. The summed E-state index contributed by atoms with van der Waals surface area (Å²) in [6.45, 7) is 0. The highest BCUT2D eigenvalue weighted by atomic mass is 19.1. The van der Waals surface area contributed by atoms with Gasteiger partial charge in [0.15, 0.2) is 0 Å². The zero-order valence-electron chi connectivity index (χ0n) is 8.31. The second-order valence-electron chi connectivity index (χ2n) is 3.56. The van der Waals surface area contributed by atoms with Gasteiger partial charge in [-0.05, 0) is 24.3 Å². The lowest BCUT2D eigenvalue weighted by atomic mass is 10.0. The molecule has 86 valence electrons. The molecule has 0 aromatic heterocycles. The quantitative estimate of drug-likeness (QED) is 0.573. The van der Waals surface area contributed by atoms with Crippen LogP contribution in [0.15, 0.2) is 24.3 Å². The number of hydrogen-bond acceptors (Lipinski definition) is 0. The molecule has 1 aromatic rings. The van der Waals surface area contributed by atoms with E-state index in [0.29, 0.717) is 0 Å². The van der Waals surface area contributed by atoms with Gasteiger partial charge in [-0.25, -0.2) is 8.78 Å². The molecule has 1 aromatic carbocycles. The predicted molar refractivity (Wildman–Crippen MR) is 60.8 cm³/mol. The highest BCUT2D eigenvalue weighted by molar-refractivity contribution is 5.04. The lowest BCUT2D eigenvalue weighted by molar-refractivity contribution is 0.504. The fourth-order valence-corrected chi connectivity index (χ4v) is 1.49. The molecule has 1 saturated carbocycles. The first kappa shape index (κ1) is 14.1. The Morgan fingerprint density at radius 3 is 1.00 bits per heavy atom. The maximum Gasteiger partial charge on any atom is 0.123 e. The van der Waals surface area contributed by atoms with Crippen molar-refractivity contribution in [2.24, 2.45) is 0 Å². The van der Waals surface area contributed by atoms with E-state index in [1.165, 1.54) is 38.5 Å². The van der Waals surface area contributed by atoms with Gasteiger partial charge in [0.2, 0.25) is 0 Å². The summed E-state index contributed by atoms with van der Waals surface area (Å²) in [6, 6.07) is 4.31. The van der Waals surface area contributed by atoms with Crippen molar-refractivity contribution < 1.29 is 8.78 Å². The number of hydrogen-bond donors (Lipinski definition) is 0. The predicted octanol–water partition coefficient (Wildman–Crippen LogP) is 4.94. The van der Waals surface area contributed by atoms with Gasteiger partial charge in [-0.15, -0.1) is 0 Å². The summed E-state index contributed by atoms with van der Waals surface area (Å²) >= 11 is 0. The molecule has 1 aliphatic carbocycles. The number of rotatable bonds is 0. The van der Waals surface area contributed by atoms with Crippen LogP contribution in [0.25, 0.3) is 0 Å². The molecule has 2 heteroatoms. The molecule has 0 radical (unpaired) electrons. The van der Waals surface area contributed by atoms with Gasteiger partial charge in [0.1, 0.15) is 11.6 Å². The van der Waals surface area contributed by atoms with Crippen LogP contribution in [-0.4, -0.2) is 0 Å². The highest BCUT2D eigenvalue weighted by Gasteiger charge is 1.95. The molecule has 2 rings (SSSR count). The van der Waals surface area contributed by atoms with Crippen molar-refractivity contribution in [3.05, 3.63) is 35.9 Å². The largest absolute Gasteiger partial charge is 0.207 e. The van der Waals surface area contributed by atoms with E-state index in [-0.39, 0.29) is 7.43 Å². The first-order chi connectivity index (χ1) is 6.79. The van der Waals surface area contributed by atoms with Crippen LogP contribution in [0.1, 0.15) is 46.0 Å². The van der Waals surface area contributed by atoms with E-state index < -0.39 is 11.6 Å². The minimum absolute atomic E-state index is 0. The van der Waals surface area contributed by atoms with Crippen LogP contribution in [0, 0.1) is 11.6 Å². The Morgan fingerprint density at radius 1 is 0.600 bits per heavy atom. The Balaban J connectivity index is 0.000000253. The van der Waals surface area contributed by atoms with Crippen LogP contribution < -0.4 is 0 Å². The maximum atomic E-state index is 11.9. The van der Waals surface area contributed by atoms with Gasteiger partial charge in [-0.2, -0.15) is 0 Å². The molecular weight excluding hydrogens is 194 g/mol. The molecular formula is C13H20F2. The third kappa shape index (κ3) is 7.06. The summed E-state index contributed by atoms with van der Waals surface area (Å²) in [4.78, 5) is 0. The third-order valence-electron chi connectivity index (χ3n) is 2.30. The fourth-order valence-electron chi connectivity index (χ4n) is 1.49. The standard InChI is InChI=1S/C6H4F2.C6H12.CH4/c7-5-1-2-6(8)4-3-5;1-2-4-6-5-3-1;/h1-4H;1-6H2;1H4. The van der Waals surface area contributed by atoms with Gasteiger partial charge in [0.05, 0.1) is 0 Å². The summed E-state index contributed by atoms with van der Waals surface area (Å²) in [5.74, 6) is -0.821. The molecule has 0 unspecified atom stereocenters. The maximum absolute atomic E-state index is 11.9. The monoisotopic (exact) mass is 214 g/mol. The molecule has 0 bridgehead atoms. The molecule has 0 spiro atoms. The first-order valence-electron chi connectivity index (χ1n) is 5.20. The van der Waals surface area contributed by atoms with Crippen LogP contribution in [0.5, 0.6) is 0 Å². The van der Waals surface area contributed by atoms with Gasteiger partial charge in [0.25, 0.3) is 0 Å². The Bertz CT molecular complexity index is 205. The Labute approximate surface area is 91.3 Å². The average molecular weight is 214 g/mol. The van der Waals surface area contributed by atoms with Gasteiger partial charge < -0.3 is 0 Å². The van der Waals surface area contributed by atoms with Gasteiger partial charge in [-0.3, -0.25) is 0 Å². The Morgan fingerprint density at radius 2 is 0.800 bits per heavy atom. The first-order valence-corrected chi connectivity index (χ1v) is 5.20. The van der Waals surface area contributed by atoms with Crippen LogP contribution in [0.4, 0.5) is 8.78 Å². The smallest absolute Gasteiger partial charge is 0.123 e. The van der Waals surface area contributed by atoms with Gasteiger partial charge >= 0.3 is 0 Å². The van der Waals surface area contributed by atoms with Crippen molar-refractivity contribution in [3.8, 4) is 0 Å². The number of benzene rings is 1. The molecule has 1 fully saturated rings. The van der Waals surface area contributed by atoms with Crippen LogP contribution in [0.2, 0.25) is 0 Å². The van der Waals surface area contributed by atoms with Gasteiger partial charge in [-0.1, -0.05) is 46.0 Å². The van der Waals surface area contributed by atoms with E-state index >= 15 is 0 Å². The van der Waals surface area contributed by atoms with Crippen LogP contribution in [-0.2, 0) is 0 Å². The molecule has 0 saturated heterocycles. The minimum atomic E-state index is -0.411. The molecule has 15 heavy (non-hydrogen) atoms. The summed E-state index contributed by atoms with van der Waals surface area (Å²) < 4.78 is 23.8. The summed E-state index contributed by atoms with van der Waals surface area (Å²) in [7, 11) is 0. The van der Waals surface area contributed by atoms with Crippen molar-refractivity contribution in [3.63, 3.8) is 0 Å². The molecule has 0 atom stereocenters. The number of halogens is 2. The molecule has 0 N–H and O–H groups in total. The second-order valence-corrected chi connectivity index (χ2v) is 3.56. The van der Waals surface area contributed by atoms with Crippen molar-refractivity contribution in [1.82, 2.24) is 0 Å². The lowest BCUT2D eigenvalue weighted by Gasteiger charge is -2.05.